The SMILES string of the molecule is Cc1cc2c(cc1S(=O)(=O)N1CCCC1C(=O)Nc1cccc(Cl)c1C)OC(C)C(=O)N2. The number of carbonyl (C=O) groups excluding carboxylic acids is 2. The van der Waals surface area contributed by atoms with Gasteiger partial charge in [-0.2, -0.15) is 4.31 Å². The molecule has 8 nitrogen and oxygen atoms in total. The van der Waals surface area contributed by atoms with Gasteiger partial charge in [0.05, 0.1) is 10.6 Å². The Kier molecular flexibility index (Phi) is 5.91. The van der Waals surface area contributed by atoms with Crippen LogP contribution in [0.5, 0.6) is 5.75 Å². The highest BCUT2D eigenvalue weighted by Crippen LogP contribution is 2.37. The van der Waals surface area contributed by atoms with E-state index in [0.717, 1.165) is 0 Å². The molecule has 0 saturated carbocycles. The summed E-state index contributed by atoms with van der Waals surface area (Å²) in [7, 11) is -3.98. The van der Waals surface area contributed by atoms with Crippen LogP contribution in [0.1, 0.15) is 30.9 Å². The van der Waals surface area contributed by atoms with Gasteiger partial charge >= 0.3 is 0 Å². The molecule has 10 heteroatoms. The minimum absolute atomic E-state index is 0.0539. The monoisotopic (exact) mass is 477 g/mol. The molecule has 0 bridgehead atoms. The molecule has 2 aromatic carbocycles. The number of rotatable bonds is 4. The Balaban J connectivity index is 1.63. The molecule has 0 aliphatic carbocycles. The number of sulfonamides is 1. The highest BCUT2D eigenvalue weighted by atomic mass is 35.5. The van der Waals surface area contributed by atoms with E-state index in [1.54, 1.807) is 45.0 Å². The number of amides is 2. The van der Waals surface area contributed by atoms with Gasteiger partial charge in [-0.25, -0.2) is 8.42 Å². The van der Waals surface area contributed by atoms with Crippen LogP contribution in [0.2, 0.25) is 5.02 Å². The first-order valence-electron chi connectivity index (χ1n) is 10.3. The lowest BCUT2D eigenvalue weighted by Gasteiger charge is -2.27. The van der Waals surface area contributed by atoms with Crippen LogP contribution in [0.3, 0.4) is 0 Å². The summed E-state index contributed by atoms with van der Waals surface area (Å²) in [6.07, 6.45) is 0.254. The molecule has 2 aromatic rings. The van der Waals surface area contributed by atoms with Crippen molar-refractivity contribution in [1.82, 2.24) is 4.31 Å². The molecule has 0 aromatic heterocycles. The molecule has 2 aliphatic rings. The fraction of sp³-hybridized carbons (Fsp3) is 0.364. The minimum Gasteiger partial charge on any atom is -0.479 e. The molecule has 2 amide bonds. The van der Waals surface area contributed by atoms with Gasteiger partial charge < -0.3 is 15.4 Å². The minimum atomic E-state index is -3.98. The van der Waals surface area contributed by atoms with Gasteiger partial charge in [0, 0.05) is 23.3 Å². The molecule has 2 atom stereocenters. The van der Waals surface area contributed by atoms with E-state index in [4.69, 9.17) is 16.3 Å². The fourth-order valence-corrected chi connectivity index (χ4v) is 6.05. The zero-order chi connectivity index (χ0) is 23.2. The summed E-state index contributed by atoms with van der Waals surface area (Å²) in [5.41, 5.74) is 2.15. The maximum absolute atomic E-state index is 13.6. The first-order chi connectivity index (χ1) is 15.1. The third kappa shape index (κ3) is 3.96. The molecular formula is C22H24ClN3O5S. The third-order valence-corrected chi connectivity index (χ3v) is 8.29. The van der Waals surface area contributed by atoms with Crippen LogP contribution in [0.15, 0.2) is 35.2 Å². The van der Waals surface area contributed by atoms with E-state index in [1.165, 1.54) is 10.4 Å². The summed E-state index contributed by atoms with van der Waals surface area (Å²) < 4.78 is 33.9. The van der Waals surface area contributed by atoms with E-state index in [9.17, 15) is 18.0 Å². The number of hydrogen-bond donors (Lipinski definition) is 2. The number of benzene rings is 2. The average molecular weight is 478 g/mol. The Labute approximate surface area is 191 Å². The Morgan fingerprint density at radius 3 is 2.78 bits per heavy atom. The number of carbonyl (C=O) groups is 2. The summed E-state index contributed by atoms with van der Waals surface area (Å²) in [4.78, 5) is 24.9. The smallest absolute Gasteiger partial charge is 0.265 e. The highest BCUT2D eigenvalue weighted by molar-refractivity contribution is 7.89. The summed E-state index contributed by atoms with van der Waals surface area (Å²) >= 11 is 6.14. The van der Waals surface area contributed by atoms with Crippen LogP contribution in [-0.4, -0.2) is 43.2 Å². The van der Waals surface area contributed by atoms with Crippen molar-refractivity contribution in [3.63, 3.8) is 0 Å². The quantitative estimate of drug-likeness (QED) is 0.701. The van der Waals surface area contributed by atoms with Crippen LogP contribution in [-0.2, 0) is 19.6 Å². The first-order valence-corrected chi connectivity index (χ1v) is 12.1. The molecule has 0 spiro atoms. The van der Waals surface area contributed by atoms with E-state index in [0.29, 0.717) is 40.4 Å². The van der Waals surface area contributed by atoms with Crippen molar-refractivity contribution in [3.8, 4) is 5.75 Å². The van der Waals surface area contributed by atoms with Crippen molar-refractivity contribution in [2.75, 3.05) is 17.2 Å². The lowest BCUT2D eigenvalue weighted by molar-refractivity contribution is -0.122. The van der Waals surface area contributed by atoms with Crippen LogP contribution in [0.4, 0.5) is 11.4 Å². The predicted octanol–water partition coefficient (Wildman–Crippen LogP) is 3.47. The largest absolute Gasteiger partial charge is 0.479 e. The molecule has 32 heavy (non-hydrogen) atoms. The van der Waals surface area contributed by atoms with Gasteiger partial charge in [0.1, 0.15) is 11.8 Å². The van der Waals surface area contributed by atoms with Gasteiger partial charge in [-0.1, -0.05) is 17.7 Å². The Bertz CT molecular complexity index is 1210. The molecule has 4 rings (SSSR count). The number of aryl methyl sites for hydroxylation is 1. The van der Waals surface area contributed by atoms with Crippen molar-refractivity contribution < 1.29 is 22.7 Å². The van der Waals surface area contributed by atoms with Crippen LogP contribution in [0, 0.1) is 13.8 Å². The van der Waals surface area contributed by atoms with Gasteiger partial charge in [-0.3, -0.25) is 9.59 Å². The maximum Gasteiger partial charge on any atom is 0.265 e. The highest BCUT2D eigenvalue weighted by Gasteiger charge is 2.41. The first kappa shape index (κ1) is 22.6. The van der Waals surface area contributed by atoms with Crippen molar-refractivity contribution in [1.29, 1.82) is 0 Å². The van der Waals surface area contributed by atoms with Gasteiger partial charge in [0.25, 0.3) is 5.91 Å². The van der Waals surface area contributed by atoms with E-state index in [-0.39, 0.29) is 23.1 Å². The van der Waals surface area contributed by atoms with Gasteiger partial charge in [0.15, 0.2) is 6.10 Å². The summed E-state index contributed by atoms with van der Waals surface area (Å²) in [6.45, 7) is 5.26. The number of anilines is 2. The van der Waals surface area contributed by atoms with Gasteiger partial charge in [-0.05, 0) is 62.9 Å². The van der Waals surface area contributed by atoms with Crippen molar-refractivity contribution in [3.05, 3.63) is 46.5 Å². The lowest BCUT2D eigenvalue weighted by atomic mass is 10.1. The molecule has 2 N–H and O–H groups in total. The Morgan fingerprint density at radius 2 is 2.03 bits per heavy atom. The topological polar surface area (TPSA) is 105 Å². The zero-order valence-electron chi connectivity index (χ0n) is 17.9. The molecule has 170 valence electrons. The summed E-state index contributed by atoms with van der Waals surface area (Å²) in [6, 6.07) is 7.34. The lowest BCUT2D eigenvalue weighted by Crippen LogP contribution is -2.43. The number of hydrogen-bond acceptors (Lipinski definition) is 5. The average Bonchev–Trinajstić information content (AvgIpc) is 3.23. The second-order valence-corrected chi connectivity index (χ2v) is 10.3. The number of halogens is 1. The van der Waals surface area contributed by atoms with Gasteiger partial charge in [0.2, 0.25) is 15.9 Å². The second-order valence-electron chi connectivity index (χ2n) is 8.04. The molecule has 0 radical (unpaired) electrons. The molecule has 2 unspecified atom stereocenters. The van der Waals surface area contributed by atoms with Crippen LogP contribution >= 0.6 is 11.6 Å². The molecule has 1 saturated heterocycles. The van der Waals surface area contributed by atoms with Crippen molar-refractivity contribution in [2.24, 2.45) is 0 Å². The number of fused-ring (bicyclic) bond motifs is 1. The fourth-order valence-electron chi connectivity index (χ4n) is 4.00. The second kappa shape index (κ2) is 8.38. The van der Waals surface area contributed by atoms with Crippen LogP contribution in [0.25, 0.3) is 0 Å². The molecule has 2 aliphatic heterocycles. The van der Waals surface area contributed by atoms with E-state index >= 15 is 0 Å². The number of nitrogens with one attached hydrogen (secondary N) is 2. The third-order valence-electron chi connectivity index (χ3n) is 5.83. The summed E-state index contributed by atoms with van der Waals surface area (Å²) in [5, 5.41) is 6.05. The summed E-state index contributed by atoms with van der Waals surface area (Å²) in [5.74, 6) is -0.402. The predicted molar refractivity (Wildman–Crippen MR) is 122 cm³/mol. The molecule has 1 fully saturated rings. The van der Waals surface area contributed by atoms with Gasteiger partial charge in [-0.15, -0.1) is 0 Å². The Morgan fingerprint density at radius 1 is 1.28 bits per heavy atom. The molecular weight excluding hydrogens is 454 g/mol. The van der Waals surface area contributed by atoms with E-state index < -0.39 is 28.1 Å². The standard InChI is InChI=1S/C22H24ClN3O5S/c1-12-10-17-19(31-14(3)21(27)25-17)11-20(12)32(29,30)26-9-5-8-18(26)22(28)24-16-7-4-6-15(23)13(16)2/h4,6-7,10-11,14,18H,5,8-9H2,1-3H3,(H,24,28)(H,25,27). The maximum atomic E-state index is 13.6. The van der Waals surface area contributed by atoms with E-state index in [1.807, 2.05) is 0 Å². The van der Waals surface area contributed by atoms with Crippen molar-refractivity contribution in [2.45, 2.75) is 50.7 Å². The van der Waals surface area contributed by atoms with Crippen molar-refractivity contribution >= 4 is 44.8 Å². The zero-order valence-corrected chi connectivity index (χ0v) is 19.5. The Hall–Kier alpha value is -2.62. The normalized spacial score (nSPS) is 20.9. The van der Waals surface area contributed by atoms with Crippen LogP contribution < -0.4 is 15.4 Å². The molecule has 2 heterocycles. The number of ether oxygens (including phenoxy) is 1. The van der Waals surface area contributed by atoms with E-state index in [2.05, 4.69) is 10.6 Å². The number of nitrogens with zero attached hydrogens (tertiary/aromatic N) is 1.